The zero-order valence-corrected chi connectivity index (χ0v) is 18.9. The molecule has 2 rings (SSSR count). The molecule has 17 heteroatoms. The standard InChI is InChI=1S/C17H16N2O13S2/c1-11(33(25,26)15-7-3-13(4-8-15)18(21)22)29-31-17(20)32-30-12(2)34(27,28)16-9-5-14(6-10-16)19(23)24/h3-12H,1-2H3. The molecule has 0 aliphatic carbocycles. The van der Waals surface area contributed by atoms with E-state index in [2.05, 4.69) is 19.6 Å². The Morgan fingerprint density at radius 3 is 1.26 bits per heavy atom. The first-order valence-corrected chi connectivity index (χ1v) is 12.0. The van der Waals surface area contributed by atoms with E-state index in [0.717, 1.165) is 62.4 Å². The second-order valence-electron chi connectivity index (χ2n) is 6.34. The van der Waals surface area contributed by atoms with E-state index in [1.54, 1.807) is 0 Å². The molecule has 0 aliphatic rings. The van der Waals surface area contributed by atoms with Crippen molar-refractivity contribution >= 4 is 37.2 Å². The predicted molar refractivity (Wildman–Crippen MR) is 109 cm³/mol. The fourth-order valence-corrected chi connectivity index (χ4v) is 4.31. The van der Waals surface area contributed by atoms with Gasteiger partial charge in [0.05, 0.1) is 19.6 Å². The average molecular weight is 520 g/mol. The van der Waals surface area contributed by atoms with Crippen LogP contribution in [-0.2, 0) is 39.2 Å². The molecule has 0 radical (unpaired) electrons. The number of nitro benzene ring substituents is 2. The Morgan fingerprint density at radius 2 is 1.00 bits per heavy atom. The highest BCUT2D eigenvalue weighted by molar-refractivity contribution is 7.92. The first-order valence-electron chi connectivity index (χ1n) is 8.94. The van der Waals surface area contributed by atoms with E-state index >= 15 is 0 Å². The fourth-order valence-electron chi connectivity index (χ4n) is 2.23. The Bertz CT molecular complexity index is 1170. The van der Waals surface area contributed by atoms with Crippen LogP contribution in [0.15, 0.2) is 58.3 Å². The van der Waals surface area contributed by atoms with Gasteiger partial charge in [0.25, 0.3) is 11.4 Å². The topological polar surface area (TPSA) is 209 Å². The molecule has 2 atom stereocenters. The molecular formula is C17H16N2O13S2. The largest absolute Gasteiger partial charge is 0.573 e. The smallest absolute Gasteiger partial charge is 0.258 e. The van der Waals surface area contributed by atoms with E-state index in [-0.39, 0.29) is 21.2 Å². The molecule has 0 amide bonds. The number of nitrogens with zero attached hydrogens (tertiary/aromatic N) is 2. The fraction of sp³-hybridized carbons (Fsp3) is 0.235. The van der Waals surface area contributed by atoms with Gasteiger partial charge < -0.3 is 0 Å². The van der Waals surface area contributed by atoms with Gasteiger partial charge in [0.15, 0.2) is 0 Å². The van der Waals surface area contributed by atoms with Crippen molar-refractivity contribution in [3.63, 3.8) is 0 Å². The number of rotatable bonds is 10. The van der Waals surface area contributed by atoms with E-state index in [0.29, 0.717) is 0 Å². The summed E-state index contributed by atoms with van der Waals surface area (Å²) < 4.78 is 49.5. The highest BCUT2D eigenvalue weighted by atomic mass is 32.2. The van der Waals surface area contributed by atoms with Gasteiger partial charge in [-0.05, 0) is 38.1 Å². The zero-order chi connectivity index (χ0) is 25.7. The van der Waals surface area contributed by atoms with Crippen LogP contribution >= 0.6 is 0 Å². The SMILES string of the molecule is CC(OOC(=O)OOC(C)S(=O)(=O)c1ccc([N+](=O)[O-])cc1)S(=O)(=O)c1ccc([N+](=O)[O-])cc1. The van der Waals surface area contributed by atoms with Gasteiger partial charge in [0.1, 0.15) is 0 Å². The Balaban J connectivity index is 1.92. The minimum atomic E-state index is -4.24. The molecule has 0 aromatic heterocycles. The summed E-state index contributed by atoms with van der Waals surface area (Å²) >= 11 is 0. The van der Waals surface area contributed by atoms with Crippen LogP contribution in [0, 0.1) is 20.2 Å². The second-order valence-corrected chi connectivity index (χ2v) is 10.8. The number of sulfone groups is 2. The summed E-state index contributed by atoms with van der Waals surface area (Å²) in [4.78, 5) is 47.9. The van der Waals surface area contributed by atoms with Gasteiger partial charge >= 0.3 is 6.16 Å². The number of hydrogen-bond donors (Lipinski definition) is 0. The highest BCUT2D eigenvalue weighted by Gasteiger charge is 2.30. The van der Waals surface area contributed by atoms with E-state index in [9.17, 15) is 41.9 Å². The normalized spacial score (nSPS) is 13.5. The van der Waals surface area contributed by atoms with Gasteiger partial charge in [-0.2, -0.15) is 14.6 Å². The number of nitro groups is 2. The molecule has 0 bridgehead atoms. The predicted octanol–water partition coefficient (Wildman–Crippen LogP) is 2.46. The summed E-state index contributed by atoms with van der Waals surface area (Å²) in [5.41, 5.74) is -4.24. The van der Waals surface area contributed by atoms with E-state index in [1.807, 2.05) is 0 Å². The lowest BCUT2D eigenvalue weighted by Gasteiger charge is -2.14. The average Bonchev–Trinajstić information content (AvgIpc) is 2.80. The van der Waals surface area contributed by atoms with Crippen LogP contribution < -0.4 is 0 Å². The highest BCUT2D eigenvalue weighted by Crippen LogP contribution is 2.22. The van der Waals surface area contributed by atoms with Crippen molar-refractivity contribution in [3.05, 3.63) is 68.8 Å². The second kappa shape index (κ2) is 10.5. The van der Waals surface area contributed by atoms with Crippen molar-refractivity contribution in [3.8, 4) is 0 Å². The summed E-state index contributed by atoms with van der Waals surface area (Å²) in [6.07, 6.45) is -1.74. The van der Waals surface area contributed by atoms with E-state index in [1.165, 1.54) is 0 Å². The van der Waals surface area contributed by atoms with E-state index < -0.39 is 46.5 Å². The van der Waals surface area contributed by atoms with Crippen LogP contribution in [0.2, 0.25) is 0 Å². The van der Waals surface area contributed by atoms with Crippen molar-refractivity contribution in [1.29, 1.82) is 0 Å². The number of non-ortho nitro benzene ring substituents is 2. The Kier molecular flexibility index (Phi) is 8.22. The lowest BCUT2D eigenvalue weighted by Crippen LogP contribution is -2.26. The molecule has 0 saturated heterocycles. The lowest BCUT2D eigenvalue weighted by molar-refractivity contribution is -0.385. The molecular weight excluding hydrogens is 504 g/mol. The molecule has 0 heterocycles. The monoisotopic (exact) mass is 520 g/mol. The first kappa shape index (κ1) is 26.6. The zero-order valence-electron chi connectivity index (χ0n) is 17.3. The third-order valence-corrected chi connectivity index (χ3v) is 7.89. The van der Waals surface area contributed by atoms with Crippen molar-refractivity contribution in [2.75, 3.05) is 0 Å². The molecule has 0 aliphatic heterocycles. The molecule has 0 fully saturated rings. The van der Waals surface area contributed by atoms with Crippen molar-refractivity contribution in [2.45, 2.75) is 34.5 Å². The molecule has 0 N–H and O–H groups in total. The lowest BCUT2D eigenvalue weighted by atomic mass is 10.3. The van der Waals surface area contributed by atoms with Gasteiger partial charge in [-0.25, -0.2) is 16.8 Å². The van der Waals surface area contributed by atoms with Crippen LogP contribution in [0.5, 0.6) is 0 Å². The molecule has 0 saturated carbocycles. The maximum Gasteiger partial charge on any atom is 0.573 e. The number of hydrogen-bond acceptors (Lipinski definition) is 13. The van der Waals surface area contributed by atoms with Gasteiger partial charge in [-0.15, -0.1) is 0 Å². The third-order valence-electron chi connectivity index (χ3n) is 4.13. The number of benzene rings is 2. The van der Waals surface area contributed by atoms with Crippen LogP contribution in [0.1, 0.15) is 13.8 Å². The third kappa shape index (κ3) is 6.22. The summed E-state index contributed by atoms with van der Waals surface area (Å²) in [6, 6.07) is 7.65. The van der Waals surface area contributed by atoms with Gasteiger partial charge in [-0.1, -0.05) is 0 Å². The van der Waals surface area contributed by atoms with Crippen LogP contribution in [0.25, 0.3) is 0 Å². The van der Waals surface area contributed by atoms with Gasteiger partial charge in [0, 0.05) is 24.3 Å². The molecule has 2 aromatic rings. The van der Waals surface area contributed by atoms with Crippen molar-refractivity contribution in [1.82, 2.24) is 0 Å². The van der Waals surface area contributed by atoms with Gasteiger partial charge in [0.2, 0.25) is 30.5 Å². The Labute approximate surface area is 191 Å². The van der Waals surface area contributed by atoms with Crippen LogP contribution in [-0.4, -0.2) is 43.7 Å². The van der Waals surface area contributed by atoms with E-state index in [4.69, 9.17) is 0 Å². The van der Waals surface area contributed by atoms with Gasteiger partial charge in [-0.3, -0.25) is 30.0 Å². The maximum atomic E-state index is 12.4. The minimum absolute atomic E-state index is 0.345. The summed E-state index contributed by atoms with van der Waals surface area (Å²) in [6.45, 7) is 1.99. The summed E-state index contributed by atoms with van der Waals surface area (Å²) in [5, 5.41) is 21.3. The number of carbonyl (C=O) groups is 1. The Morgan fingerprint density at radius 1 is 0.706 bits per heavy atom. The summed E-state index contributed by atoms with van der Waals surface area (Å²) in [7, 11) is -8.48. The maximum absolute atomic E-state index is 12.4. The van der Waals surface area contributed by atoms with Crippen LogP contribution in [0.4, 0.5) is 16.2 Å². The molecule has 184 valence electrons. The molecule has 2 aromatic carbocycles. The van der Waals surface area contributed by atoms with Crippen LogP contribution in [0.3, 0.4) is 0 Å². The Hall–Kier alpha value is -3.67. The molecule has 0 spiro atoms. The van der Waals surface area contributed by atoms with Crippen molar-refractivity contribution < 1.29 is 51.0 Å². The minimum Gasteiger partial charge on any atom is -0.258 e. The first-order chi connectivity index (χ1) is 15.8. The molecule has 34 heavy (non-hydrogen) atoms. The quantitative estimate of drug-likeness (QED) is 0.251. The summed E-state index contributed by atoms with van der Waals surface area (Å²) in [5.74, 6) is 0. The molecule has 2 unspecified atom stereocenters. The van der Waals surface area contributed by atoms with Crippen molar-refractivity contribution in [2.24, 2.45) is 0 Å². The number of carbonyl (C=O) groups excluding carboxylic acids is 1. The molecule has 15 nitrogen and oxygen atoms in total.